The Kier molecular flexibility index (Phi) is 6.49. The number of rotatable bonds is 9. The third-order valence-electron chi connectivity index (χ3n) is 4.93. The van der Waals surface area contributed by atoms with Crippen LogP contribution in [-0.2, 0) is 22.4 Å². The van der Waals surface area contributed by atoms with Gasteiger partial charge in [-0.25, -0.2) is 4.79 Å². The van der Waals surface area contributed by atoms with Gasteiger partial charge in [-0.2, -0.15) is 4.98 Å². The topological polar surface area (TPSA) is 171 Å². The SMILES string of the molecule is CC(=O)CC[C@@H](NC(=O)c1ccc(CCc2c[nH]c3nc(N)[nH]c(=O)c23)cc1)C(=O)O. The third-order valence-corrected chi connectivity index (χ3v) is 4.93. The fourth-order valence-corrected chi connectivity index (χ4v) is 3.27. The Hall–Kier alpha value is -3.95. The van der Waals surface area contributed by atoms with E-state index in [2.05, 4.69) is 20.3 Å². The molecule has 162 valence electrons. The first-order valence-corrected chi connectivity index (χ1v) is 9.72. The van der Waals surface area contributed by atoms with E-state index in [1.54, 1.807) is 30.5 Å². The van der Waals surface area contributed by atoms with E-state index in [9.17, 15) is 24.3 Å². The number of aromatic amines is 2. The molecule has 0 aliphatic carbocycles. The van der Waals surface area contributed by atoms with Crippen LogP contribution < -0.4 is 16.6 Å². The minimum Gasteiger partial charge on any atom is -0.480 e. The summed E-state index contributed by atoms with van der Waals surface area (Å²) < 4.78 is 0. The number of nitrogen functional groups attached to an aromatic ring is 1. The number of Topliss-reactive ketones (excluding diaryl/α,β-unsaturated/α-hetero) is 1. The number of benzene rings is 1. The molecule has 0 unspecified atom stereocenters. The van der Waals surface area contributed by atoms with Crippen molar-refractivity contribution in [3.05, 3.63) is 57.5 Å². The number of aryl methyl sites for hydroxylation is 2. The van der Waals surface area contributed by atoms with Gasteiger partial charge in [0.2, 0.25) is 5.95 Å². The first-order chi connectivity index (χ1) is 14.7. The van der Waals surface area contributed by atoms with Gasteiger partial charge in [0.1, 0.15) is 17.5 Å². The summed E-state index contributed by atoms with van der Waals surface area (Å²) in [4.78, 5) is 56.4. The molecule has 0 radical (unpaired) electrons. The maximum Gasteiger partial charge on any atom is 0.326 e. The quantitative estimate of drug-likeness (QED) is 0.342. The zero-order valence-corrected chi connectivity index (χ0v) is 16.9. The monoisotopic (exact) mass is 425 g/mol. The second-order valence-corrected chi connectivity index (χ2v) is 7.29. The van der Waals surface area contributed by atoms with Crippen LogP contribution in [0.15, 0.2) is 35.3 Å². The molecule has 0 spiro atoms. The van der Waals surface area contributed by atoms with Gasteiger partial charge in [0.05, 0.1) is 5.39 Å². The molecule has 10 nitrogen and oxygen atoms in total. The van der Waals surface area contributed by atoms with Crippen molar-refractivity contribution in [3.8, 4) is 0 Å². The van der Waals surface area contributed by atoms with Crippen molar-refractivity contribution in [1.29, 1.82) is 0 Å². The van der Waals surface area contributed by atoms with Crippen LogP contribution in [0.1, 0.15) is 41.3 Å². The molecule has 31 heavy (non-hydrogen) atoms. The average Bonchev–Trinajstić information content (AvgIpc) is 3.12. The van der Waals surface area contributed by atoms with Crippen LogP contribution >= 0.6 is 0 Å². The molecule has 0 saturated carbocycles. The van der Waals surface area contributed by atoms with Crippen LogP contribution in [0.5, 0.6) is 0 Å². The largest absolute Gasteiger partial charge is 0.480 e. The van der Waals surface area contributed by atoms with Crippen molar-refractivity contribution in [2.45, 2.75) is 38.6 Å². The number of anilines is 1. The van der Waals surface area contributed by atoms with Crippen LogP contribution in [-0.4, -0.2) is 43.8 Å². The number of hydrogen-bond acceptors (Lipinski definition) is 6. The van der Waals surface area contributed by atoms with E-state index in [0.717, 1.165) is 11.1 Å². The summed E-state index contributed by atoms with van der Waals surface area (Å²) in [6.07, 6.45) is 3.04. The van der Waals surface area contributed by atoms with E-state index in [4.69, 9.17) is 5.73 Å². The minimum atomic E-state index is -1.18. The van der Waals surface area contributed by atoms with E-state index >= 15 is 0 Å². The summed E-state index contributed by atoms with van der Waals surface area (Å²) in [6, 6.07) is 5.64. The van der Waals surface area contributed by atoms with E-state index in [1.165, 1.54) is 6.92 Å². The maximum absolute atomic E-state index is 12.4. The summed E-state index contributed by atoms with van der Waals surface area (Å²) in [5.41, 5.74) is 7.74. The highest BCUT2D eigenvalue weighted by Gasteiger charge is 2.21. The molecular weight excluding hydrogens is 402 g/mol. The van der Waals surface area contributed by atoms with Gasteiger partial charge in [-0.05, 0) is 49.4 Å². The summed E-state index contributed by atoms with van der Waals surface area (Å²) in [7, 11) is 0. The molecule has 0 fully saturated rings. The number of aromatic nitrogens is 3. The summed E-state index contributed by atoms with van der Waals surface area (Å²) in [5.74, 6) is -1.79. The minimum absolute atomic E-state index is 0.0404. The fourth-order valence-electron chi connectivity index (χ4n) is 3.27. The van der Waals surface area contributed by atoms with E-state index < -0.39 is 17.9 Å². The number of aliphatic carboxylic acids is 1. The molecular formula is C21H23N5O5. The predicted octanol–water partition coefficient (Wildman–Crippen LogP) is 1.17. The van der Waals surface area contributed by atoms with Gasteiger partial charge < -0.3 is 25.9 Å². The Morgan fingerprint density at radius 2 is 1.90 bits per heavy atom. The Morgan fingerprint density at radius 3 is 2.55 bits per heavy atom. The number of carboxylic acids is 1. The smallest absolute Gasteiger partial charge is 0.326 e. The third kappa shape index (κ3) is 5.35. The number of nitrogens with two attached hydrogens (primary N) is 1. The van der Waals surface area contributed by atoms with Gasteiger partial charge >= 0.3 is 5.97 Å². The lowest BCUT2D eigenvalue weighted by Gasteiger charge is -2.14. The lowest BCUT2D eigenvalue weighted by molar-refractivity contribution is -0.139. The normalized spacial score (nSPS) is 11.9. The van der Waals surface area contributed by atoms with Gasteiger partial charge in [0, 0.05) is 18.2 Å². The van der Waals surface area contributed by atoms with Crippen LogP contribution in [0.4, 0.5) is 5.95 Å². The second kappa shape index (κ2) is 9.24. The first-order valence-electron chi connectivity index (χ1n) is 9.72. The molecule has 0 aliphatic heterocycles. The van der Waals surface area contributed by atoms with Crippen molar-refractivity contribution in [2.24, 2.45) is 0 Å². The molecule has 2 heterocycles. The number of nitrogens with one attached hydrogen (secondary N) is 3. The van der Waals surface area contributed by atoms with E-state index in [-0.39, 0.29) is 30.1 Å². The van der Waals surface area contributed by atoms with Gasteiger partial charge in [-0.3, -0.25) is 14.6 Å². The van der Waals surface area contributed by atoms with E-state index in [0.29, 0.717) is 29.4 Å². The molecule has 0 bridgehead atoms. The van der Waals surface area contributed by atoms with Gasteiger partial charge in [-0.1, -0.05) is 12.1 Å². The molecule has 10 heteroatoms. The highest BCUT2D eigenvalue weighted by molar-refractivity contribution is 5.96. The Bertz CT molecular complexity index is 1180. The standard InChI is InChI=1S/C21H23N5O5/c1-11(27)2-9-15(20(30)31)24-18(28)13-6-3-12(4-7-13)5-8-14-10-23-17-16(14)19(29)26-21(22)25-17/h3-4,6-7,10,15H,2,5,8-9H2,1H3,(H,24,28)(H,30,31)(H4,22,23,25,26,29)/t15-/m1/s1. The highest BCUT2D eigenvalue weighted by atomic mass is 16.4. The number of ketones is 1. The molecule has 1 amide bonds. The molecule has 1 aromatic carbocycles. The summed E-state index contributed by atoms with van der Waals surface area (Å²) in [6.45, 7) is 1.37. The van der Waals surface area contributed by atoms with Gasteiger partial charge in [0.25, 0.3) is 11.5 Å². The summed E-state index contributed by atoms with van der Waals surface area (Å²) >= 11 is 0. The average molecular weight is 425 g/mol. The van der Waals surface area contributed by atoms with E-state index in [1.807, 2.05) is 0 Å². The van der Waals surface area contributed by atoms with Crippen LogP contribution in [0.2, 0.25) is 0 Å². The molecule has 2 aromatic heterocycles. The molecule has 3 aromatic rings. The number of carboxylic acid groups (broad SMARTS) is 1. The van der Waals surface area contributed by atoms with Crippen molar-refractivity contribution in [1.82, 2.24) is 20.3 Å². The van der Waals surface area contributed by atoms with Crippen LogP contribution in [0.3, 0.4) is 0 Å². The van der Waals surface area contributed by atoms with Crippen LogP contribution in [0.25, 0.3) is 11.0 Å². The summed E-state index contributed by atoms with van der Waals surface area (Å²) in [5, 5.41) is 12.1. The number of fused-ring (bicyclic) bond motifs is 1. The zero-order chi connectivity index (χ0) is 22.5. The Labute approximate surface area is 176 Å². The number of carbonyl (C=O) groups excluding carboxylic acids is 2. The fraction of sp³-hybridized carbons (Fsp3) is 0.286. The molecule has 6 N–H and O–H groups in total. The van der Waals surface area contributed by atoms with Gasteiger partial charge in [0.15, 0.2) is 0 Å². The second-order valence-electron chi connectivity index (χ2n) is 7.29. The molecule has 1 atom stereocenters. The lowest BCUT2D eigenvalue weighted by atomic mass is 10.0. The number of nitrogens with zero attached hydrogens (tertiary/aromatic N) is 1. The molecule has 0 saturated heterocycles. The zero-order valence-electron chi connectivity index (χ0n) is 16.9. The van der Waals surface area contributed by atoms with Crippen LogP contribution in [0, 0.1) is 0 Å². The van der Waals surface area contributed by atoms with Crippen molar-refractivity contribution in [2.75, 3.05) is 5.73 Å². The van der Waals surface area contributed by atoms with Crippen molar-refractivity contribution in [3.63, 3.8) is 0 Å². The number of amides is 1. The Balaban J connectivity index is 1.64. The lowest BCUT2D eigenvalue weighted by Crippen LogP contribution is -2.41. The van der Waals surface area contributed by atoms with Crippen molar-refractivity contribution < 1.29 is 19.5 Å². The molecule has 3 rings (SSSR count). The van der Waals surface area contributed by atoms with Crippen molar-refractivity contribution >= 4 is 34.6 Å². The number of H-pyrrole nitrogens is 2. The Morgan fingerprint density at radius 1 is 1.19 bits per heavy atom. The number of hydrogen-bond donors (Lipinski definition) is 5. The highest BCUT2D eigenvalue weighted by Crippen LogP contribution is 2.16. The first kappa shape index (κ1) is 21.8. The number of carbonyl (C=O) groups is 3. The predicted molar refractivity (Wildman–Crippen MR) is 114 cm³/mol. The van der Waals surface area contributed by atoms with Gasteiger partial charge in [-0.15, -0.1) is 0 Å². The molecule has 0 aliphatic rings. The maximum atomic E-state index is 12.4.